The lowest BCUT2D eigenvalue weighted by atomic mass is 10.1. The van der Waals surface area contributed by atoms with Gasteiger partial charge in [0.2, 0.25) is 0 Å². The Morgan fingerprint density at radius 2 is 1.93 bits per heavy atom. The molecule has 14 heavy (non-hydrogen) atoms. The quantitative estimate of drug-likeness (QED) is 0.727. The molecule has 2 rings (SSSR count). The number of hydrogen-bond acceptors (Lipinski definition) is 2. The van der Waals surface area contributed by atoms with E-state index in [0.29, 0.717) is 5.15 Å². The van der Waals surface area contributed by atoms with E-state index in [0.717, 1.165) is 11.1 Å². The molecule has 3 nitrogen and oxygen atoms in total. The van der Waals surface area contributed by atoms with Crippen LogP contribution in [0.2, 0.25) is 5.15 Å². The minimum absolute atomic E-state index is 0.316. The number of aromatic nitrogens is 2. The zero-order valence-electron chi connectivity index (χ0n) is 7.20. The topological polar surface area (TPSA) is 45.8 Å². The summed E-state index contributed by atoms with van der Waals surface area (Å²) in [6.45, 7) is 0. The van der Waals surface area contributed by atoms with E-state index in [1.807, 2.05) is 30.3 Å². The van der Waals surface area contributed by atoms with E-state index in [4.69, 9.17) is 11.6 Å². The fourth-order valence-corrected chi connectivity index (χ4v) is 1.43. The van der Waals surface area contributed by atoms with E-state index in [1.54, 1.807) is 0 Å². The monoisotopic (exact) mass is 206 g/mol. The van der Waals surface area contributed by atoms with Gasteiger partial charge in [0, 0.05) is 11.8 Å². The summed E-state index contributed by atoms with van der Waals surface area (Å²) >= 11 is 5.87. The van der Waals surface area contributed by atoms with Crippen LogP contribution in [0, 0.1) is 0 Å². The van der Waals surface area contributed by atoms with Gasteiger partial charge in [0.25, 0.3) is 0 Å². The number of aromatic amines is 1. The van der Waals surface area contributed by atoms with Crippen molar-refractivity contribution in [3.8, 4) is 11.1 Å². The summed E-state index contributed by atoms with van der Waals surface area (Å²) in [5.74, 6) is 0. The summed E-state index contributed by atoms with van der Waals surface area (Å²) in [6, 6.07) is 9.52. The Morgan fingerprint density at radius 3 is 2.57 bits per heavy atom. The van der Waals surface area contributed by atoms with Crippen LogP contribution < -0.4 is 5.69 Å². The van der Waals surface area contributed by atoms with Crippen LogP contribution in [0.15, 0.2) is 41.3 Å². The molecule has 0 radical (unpaired) electrons. The van der Waals surface area contributed by atoms with Crippen molar-refractivity contribution in [2.45, 2.75) is 0 Å². The van der Waals surface area contributed by atoms with Crippen molar-refractivity contribution < 1.29 is 0 Å². The summed E-state index contributed by atoms with van der Waals surface area (Å²) in [5, 5.41) is 0.316. The van der Waals surface area contributed by atoms with Gasteiger partial charge in [0.1, 0.15) is 5.15 Å². The molecule has 70 valence electrons. The minimum atomic E-state index is -0.435. The molecule has 0 spiro atoms. The van der Waals surface area contributed by atoms with E-state index >= 15 is 0 Å². The molecule has 1 N–H and O–H groups in total. The van der Waals surface area contributed by atoms with Crippen molar-refractivity contribution in [2.24, 2.45) is 0 Å². The number of rotatable bonds is 1. The third-order valence-electron chi connectivity index (χ3n) is 1.85. The number of halogens is 1. The third kappa shape index (κ3) is 1.67. The molecule has 0 fully saturated rings. The highest BCUT2D eigenvalue weighted by atomic mass is 35.5. The molecular formula is C10H7ClN2O. The summed E-state index contributed by atoms with van der Waals surface area (Å²) < 4.78 is 0. The second-order valence-corrected chi connectivity index (χ2v) is 3.16. The molecule has 0 amide bonds. The molecule has 0 saturated carbocycles. The van der Waals surface area contributed by atoms with Crippen LogP contribution in [-0.4, -0.2) is 9.97 Å². The van der Waals surface area contributed by atoms with E-state index in [1.165, 1.54) is 6.20 Å². The second kappa shape index (κ2) is 3.64. The highest BCUT2D eigenvalue weighted by molar-refractivity contribution is 6.32. The highest BCUT2D eigenvalue weighted by Gasteiger charge is 2.03. The lowest BCUT2D eigenvalue weighted by Crippen LogP contribution is -2.09. The molecule has 0 bridgehead atoms. The number of hydrogen-bond donors (Lipinski definition) is 1. The Balaban J connectivity index is 2.58. The van der Waals surface area contributed by atoms with Gasteiger partial charge in [-0.05, 0) is 5.56 Å². The van der Waals surface area contributed by atoms with Crippen LogP contribution in [0.1, 0.15) is 0 Å². The molecule has 0 unspecified atom stereocenters. The van der Waals surface area contributed by atoms with E-state index in [-0.39, 0.29) is 0 Å². The van der Waals surface area contributed by atoms with Gasteiger partial charge in [0.05, 0.1) is 0 Å². The fourth-order valence-electron chi connectivity index (χ4n) is 1.19. The molecule has 1 heterocycles. The normalized spacial score (nSPS) is 10.1. The molecule has 1 aromatic carbocycles. The van der Waals surface area contributed by atoms with Crippen LogP contribution in [-0.2, 0) is 0 Å². The average molecular weight is 207 g/mol. The third-order valence-corrected chi connectivity index (χ3v) is 2.15. The van der Waals surface area contributed by atoms with Crippen molar-refractivity contribution in [1.29, 1.82) is 0 Å². The zero-order chi connectivity index (χ0) is 9.97. The number of nitrogens with one attached hydrogen (secondary N) is 1. The molecular weight excluding hydrogens is 200 g/mol. The maximum Gasteiger partial charge on any atom is 0.346 e. The molecule has 2 aromatic rings. The number of H-pyrrole nitrogens is 1. The fraction of sp³-hybridized carbons (Fsp3) is 0. The Bertz CT molecular complexity index is 493. The number of benzene rings is 1. The largest absolute Gasteiger partial charge is 0.346 e. The van der Waals surface area contributed by atoms with Crippen molar-refractivity contribution in [2.75, 3.05) is 0 Å². The summed E-state index contributed by atoms with van der Waals surface area (Å²) in [7, 11) is 0. The van der Waals surface area contributed by atoms with E-state index in [2.05, 4.69) is 9.97 Å². The van der Waals surface area contributed by atoms with Crippen LogP contribution >= 0.6 is 11.6 Å². The van der Waals surface area contributed by atoms with Crippen molar-refractivity contribution >= 4 is 11.6 Å². The lowest BCUT2D eigenvalue weighted by Gasteiger charge is -2.01. The van der Waals surface area contributed by atoms with Gasteiger partial charge >= 0.3 is 5.69 Å². The van der Waals surface area contributed by atoms with Gasteiger partial charge in [-0.15, -0.1) is 0 Å². The van der Waals surface area contributed by atoms with Gasteiger partial charge in [0.15, 0.2) is 0 Å². The minimum Gasteiger partial charge on any atom is -0.296 e. The van der Waals surface area contributed by atoms with E-state index in [9.17, 15) is 4.79 Å². The molecule has 0 aliphatic rings. The van der Waals surface area contributed by atoms with Crippen LogP contribution in [0.25, 0.3) is 11.1 Å². The summed E-state index contributed by atoms with van der Waals surface area (Å²) in [6.07, 6.45) is 1.47. The Hall–Kier alpha value is -1.61. The van der Waals surface area contributed by atoms with Gasteiger partial charge in [-0.2, -0.15) is 0 Å². The van der Waals surface area contributed by atoms with Crippen LogP contribution in [0.3, 0.4) is 0 Å². The smallest absolute Gasteiger partial charge is 0.296 e. The first-order chi connectivity index (χ1) is 6.77. The van der Waals surface area contributed by atoms with Crippen molar-refractivity contribution in [1.82, 2.24) is 9.97 Å². The maximum atomic E-state index is 10.8. The predicted molar refractivity (Wildman–Crippen MR) is 55.3 cm³/mol. The molecule has 1 aromatic heterocycles. The Labute approximate surface area is 85.4 Å². The molecule has 4 heteroatoms. The summed E-state index contributed by atoms with van der Waals surface area (Å²) in [4.78, 5) is 16.9. The van der Waals surface area contributed by atoms with Crippen molar-refractivity contribution in [3.63, 3.8) is 0 Å². The molecule has 0 atom stereocenters. The first kappa shape index (κ1) is 8.97. The lowest BCUT2D eigenvalue weighted by molar-refractivity contribution is 1.08. The highest BCUT2D eigenvalue weighted by Crippen LogP contribution is 2.23. The first-order valence-electron chi connectivity index (χ1n) is 4.07. The molecule has 0 aliphatic heterocycles. The van der Waals surface area contributed by atoms with E-state index < -0.39 is 5.69 Å². The molecule has 0 aliphatic carbocycles. The summed E-state index contributed by atoms with van der Waals surface area (Å²) in [5.41, 5.74) is 1.22. The van der Waals surface area contributed by atoms with Gasteiger partial charge in [-0.3, -0.25) is 4.98 Å². The van der Waals surface area contributed by atoms with Gasteiger partial charge in [-0.1, -0.05) is 41.9 Å². The van der Waals surface area contributed by atoms with Gasteiger partial charge in [-0.25, -0.2) is 9.78 Å². The Kier molecular flexibility index (Phi) is 2.33. The Morgan fingerprint density at radius 1 is 1.21 bits per heavy atom. The van der Waals surface area contributed by atoms with Crippen LogP contribution in [0.5, 0.6) is 0 Å². The maximum absolute atomic E-state index is 10.8. The SMILES string of the molecule is O=c1ncc(-c2ccccc2)c(Cl)[nH]1. The number of nitrogens with zero attached hydrogens (tertiary/aromatic N) is 1. The van der Waals surface area contributed by atoms with Gasteiger partial charge < -0.3 is 0 Å². The second-order valence-electron chi connectivity index (χ2n) is 2.78. The zero-order valence-corrected chi connectivity index (χ0v) is 7.95. The van der Waals surface area contributed by atoms with Crippen LogP contribution in [0.4, 0.5) is 0 Å². The predicted octanol–water partition coefficient (Wildman–Crippen LogP) is 2.09. The molecule has 0 saturated heterocycles. The van der Waals surface area contributed by atoms with Crippen molar-refractivity contribution in [3.05, 3.63) is 52.2 Å². The average Bonchev–Trinajstić information content (AvgIpc) is 2.19. The first-order valence-corrected chi connectivity index (χ1v) is 4.45. The standard InChI is InChI=1S/C10H7ClN2O/c11-9-8(6-12-10(14)13-9)7-4-2-1-3-5-7/h1-6H,(H,12,13,14).